The number of sulfone groups is 1. The van der Waals surface area contributed by atoms with Crippen molar-refractivity contribution >= 4 is 20.9 Å². The van der Waals surface area contributed by atoms with Gasteiger partial charge in [-0.15, -0.1) is 0 Å². The molecule has 4 rings (SSSR count). The van der Waals surface area contributed by atoms with Gasteiger partial charge in [0.15, 0.2) is 0 Å². The predicted octanol–water partition coefficient (Wildman–Crippen LogP) is 3.34. The van der Waals surface area contributed by atoms with Crippen LogP contribution in [0.2, 0.25) is 0 Å². The summed E-state index contributed by atoms with van der Waals surface area (Å²) in [6, 6.07) is 16.6. The zero-order valence-corrected chi connectivity index (χ0v) is 15.3. The predicted molar refractivity (Wildman–Crippen MR) is 100 cm³/mol. The number of benzene rings is 2. The van der Waals surface area contributed by atoms with Crippen molar-refractivity contribution in [1.29, 1.82) is 0 Å². The summed E-state index contributed by atoms with van der Waals surface area (Å²) in [6.07, 6.45) is 0. The van der Waals surface area contributed by atoms with Crippen LogP contribution < -0.4 is 0 Å². The summed E-state index contributed by atoms with van der Waals surface area (Å²) in [5.41, 5.74) is 4.94. The van der Waals surface area contributed by atoms with Gasteiger partial charge in [0.2, 0.25) is 15.0 Å². The molecule has 0 bridgehead atoms. The number of aryl methyl sites for hydroxylation is 2. The fourth-order valence-electron chi connectivity index (χ4n) is 2.99. The molecule has 0 atom stereocenters. The highest BCUT2D eigenvalue weighted by atomic mass is 32.2. The highest BCUT2D eigenvalue weighted by molar-refractivity contribution is 7.90. The third-order valence-electron chi connectivity index (χ3n) is 4.21. The first-order valence-corrected chi connectivity index (χ1v) is 9.88. The second-order valence-electron chi connectivity index (χ2n) is 6.32. The minimum absolute atomic E-state index is 0.00122. The number of para-hydroxylation sites is 2. The van der Waals surface area contributed by atoms with Gasteiger partial charge in [-0.1, -0.05) is 24.3 Å². The summed E-state index contributed by atoms with van der Waals surface area (Å²) in [5.74, 6) is -0.107. The van der Waals surface area contributed by atoms with Crippen molar-refractivity contribution in [2.24, 2.45) is 0 Å². The number of nitrogens with zero attached hydrogens (tertiary/aromatic N) is 3. The number of fused-ring (bicyclic) bond motifs is 1. The molecule has 0 saturated carbocycles. The van der Waals surface area contributed by atoms with Crippen LogP contribution in [-0.4, -0.2) is 28.2 Å². The Morgan fingerprint density at radius 3 is 2.42 bits per heavy atom. The maximum Gasteiger partial charge on any atom is 0.226 e. The Balaban J connectivity index is 1.61. The Morgan fingerprint density at radius 1 is 1.04 bits per heavy atom. The number of nitrogens with one attached hydrogen (secondary N) is 1. The van der Waals surface area contributed by atoms with Gasteiger partial charge in [-0.25, -0.2) is 18.1 Å². The summed E-state index contributed by atoms with van der Waals surface area (Å²) >= 11 is 0. The minimum Gasteiger partial charge on any atom is -0.329 e. The lowest BCUT2D eigenvalue weighted by Gasteiger charge is -2.06. The molecule has 0 aliphatic rings. The second-order valence-corrected chi connectivity index (χ2v) is 8.23. The second kappa shape index (κ2) is 6.10. The van der Waals surface area contributed by atoms with Crippen LogP contribution in [0, 0.1) is 13.8 Å². The Hall–Kier alpha value is -2.93. The molecule has 4 aromatic rings. The largest absolute Gasteiger partial charge is 0.329 e. The summed E-state index contributed by atoms with van der Waals surface area (Å²) in [4.78, 5) is 7.09. The van der Waals surface area contributed by atoms with Crippen molar-refractivity contribution in [2.75, 3.05) is 0 Å². The first-order valence-electron chi connectivity index (χ1n) is 8.22. The molecule has 6 nitrogen and oxygen atoms in total. The van der Waals surface area contributed by atoms with Gasteiger partial charge in [0.1, 0.15) is 0 Å². The lowest BCUT2D eigenvalue weighted by atomic mass is 10.2. The van der Waals surface area contributed by atoms with E-state index < -0.39 is 9.84 Å². The Kier molecular flexibility index (Phi) is 3.88. The van der Waals surface area contributed by atoms with Crippen molar-refractivity contribution in [3.8, 4) is 5.69 Å². The van der Waals surface area contributed by atoms with E-state index in [0.717, 1.165) is 17.1 Å². The van der Waals surface area contributed by atoms with Crippen LogP contribution in [0.5, 0.6) is 0 Å². The van der Waals surface area contributed by atoms with Gasteiger partial charge < -0.3 is 4.98 Å². The molecule has 0 saturated heterocycles. The summed E-state index contributed by atoms with van der Waals surface area (Å²) in [7, 11) is -3.55. The highest BCUT2D eigenvalue weighted by Crippen LogP contribution is 2.19. The van der Waals surface area contributed by atoms with Gasteiger partial charge in [-0.3, -0.25) is 0 Å². The van der Waals surface area contributed by atoms with E-state index in [0.29, 0.717) is 16.6 Å². The quantitative estimate of drug-likeness (QED) is 0.601. The molecule has 0 aliphatic carbocycles. The average molecular weight is 366 g/mol. The summed E-state index contributed by atoms with van der Waals surface area (Å²) in [6.45, 7) is 3.93. The van der Waals surface area contributed by atoms with Crippen LogP contribution in [0.25, 0.3) is 16.7 Å². The van der Waals surface area contributed by atoms with Gasteiger partial charge >= 0.3 is 0 Å². The van der Waals surface area contributed by atoms with Crippen LogP contribution >= 0.6 is 0 Å². The molecule has 26 heavy (non-hydrogen) atoms. The molecule has 2 heterocycles. The first kappa shape index (κ1) is 16.5. The minimum atomic E-state index is -3.55. The first-order chi connectivity index (χ1) is 12.4. The zero-order chi connectivity index (χ0) is 18.3. The Bertz CT molecular complexity index is 1150. The fourth-order valence-corrected chi connectivity index (χ4v) is 4.26. The van der Waals surface area contributed by atoms with Crippen molar-refractivity contribution in [1.82, 2.24) is 19.7 Å². The molecule has 0 amide bonds. The number of H-pyrrole nitrogens is 1. The van der Waals surface area contributed by atoms with E-state index in [4.69, 9.17) is 0 Å². The van der Waals surface area contributed by atoms with Gasteiger partial charge in [-0.05, 0) is 49.7 Å². The SMILES string of the molecule is Cc1cc(C)n(-c2ccc(CS(=O)(=O)c3nc4ccccc4[nH]3)cc2)n1. The average Bonchev–Trinajstić information content (AvgIpc) is 3.19. The maximum atomic E-state index is 12.7. The van der Waals surface area contributed by atoms with E-state index in [1.807, 2.05) is 67.1 Å². The smallest absolute Gasteiger partial charge is 0.226 e. The summed E-state index contributed by atoms with van der Waals surface area (Å²) < 4.78 is 27.2. The third kappa shape index (κ3) is 3.01. The molecule has 7 heteroatoms. The topological polar surface area (TPSA) is 80.6 Å². The van der Waals surface area contributed by atoms with Crippen molar-refractivity contribution in [2.45, 2.75) is 24.8 Å². The molecular formula is C19H18N4O2S. The molecule has 0 unspecified atom stereocenters. The number of hydrogen-bond acceptors (Lipinski definition) is 4. The van der Waals surface area contributed by atoms with Gasteiger partial charge in [0.25, 0.3) is 0 Å². The molecule has 2 aromatic carbocycles. The van der Waals surface area contributed by atoms with Crippen molar-refractivity contribution in [3.05, 3.63) is 71.5 Å². The highest BCUT2D eigenvalue weighted by Gasteiger charge is 2.20. The van der Waals surface area contributed by atoms with Crippen molar-refractivity contribution in [3.63, 3.8) is 0 Å². The molecule has 2 aromatic heterocycles. The lowest BCUT2D eigenvalue weighted by Crippen LogP contribution is -2.07. The number of aromatic nitrogens is 4. The Labute approximate surface area is 151 Å². The molecular weight excluding hydrogens is 348 g/mol. The monoisotopic (exact) mass is 366 g/mol. The number of hydrogen-bond donors (Lipinski definition) is 1. The van der Waals surface area contributed by atoms with E-state index in [1.54, 1.807) is 6.07 Å². The third-order valence-corrected chi connectivity index (χ3v) is 5.71. The van der Waals surface area contributed by atoms with E-state index in [2.05, 4.69) is 15.1 Å². The lowest BCUT2D eigenvalue weighted by molar-refractivity contribution is 0.588. The molecule has 0 fully saturated rings. The normalized spacial score (nSPS) is 11.9. The maximum absolute atomic E-state index is 12.7. The van der Waals surface area contributed by atoms with Crippen LogP contribution in [0.15, 0.2) is 59.8 Å². The Morgan fingerprint density at radius 2 is 1.77 bits per heavy atom. The van der Waals surface area contributed by atoms with Crippen molar-refractivity contribution < 1.29 is 8.42 Å². The van der Waals surface area contributed by atoms with Crippen LogP contribution in [0.1, 0.15) is 17.0 Å². The fraction of sp³-hybridized carbons (Fsp3) is 0.158. The summed E-state index contributed by atoms with van der Waals surface area (Å²) in [5, 5.41) is 4.44. The number of rotatable bonds is 4. The molecule has 0 radical (unpaired) electrons. The van der Waals surface area contributed by atoms with E-state index in [9.17, 15) is 8.42 Å². The standard InChI is InChI=1S/C19H18N4O2S/c1-13-11-14(2)23(22-13)16-9-7-15(8-10-16)12-26(24,25)19-20-17-5-3-4-6-18(17)21-19/h3-11H,12H2,1-2H3,(H,20,21). The zero-order valence-electron chi connectivity index (χ0n) is 14.5. The van der Waals surface area contributed by atoms with Gasteiger partial charge in [0, 0.05) is 5.69 Å². The van der Waals surface area contributed by atoms with Gasteiger partial charge in [-0.2, -0.15) is 5.10 Å². The molecule has 0 spiro atoms. The van der Waals surface area contributed by atoms with E-state index in [-0.39, 0.29) is 10.9 Å². The van der Waals surface area contributed by atoms with Crippen LogP contribution in [0.3, 0.4) is 0 Å². The van der Waals surface area contributed by atoms with Crippen LogP contribution in [0.4, 0.5) is 0 Å². The van der Waals surface area contributed by atoms with Crippen LogP contribution in [-0.2, 0) is 15.6 Å². The molecule has 1 N–H and O–H groups in total. The van der Waals surface area contributed by atoms with E-state index >= 15 is 0 Å². The molecule has 0 aliphatic heterocycles. The van der Waals surface area contributed by atoms with E-state index in [1.165, 1.54) is 0 Å². The number of aromatic amines is 1. The van der Waals surface area contributed by atoms with Gasteiger partial charge in [0.05, 0.1) is 28.2 Å². The molecule has 132 valence electrons. The number of imidazole rings is 1.